The van der Waals surface area contributed by atoms with Crippen molar-refractivity contribution in [1.82, 2.24) is 45.1 Å². The molecule has 4 heterocycles. The second kappa shape index (κ2) is 9.95. The van der Waals surface area contributed by atoms with E-state index in [1.165, 1.54) is 11.0 Å². The van der Waals surface area contributed by atoms with Crippen LogP contribution in [0, 0.1) is 18.3 Å². The van der Waals surface area contributed by atoms with Crippen molar-refractivity contribution in [3.05, 3.63) is 47.7 Å². The van der Waals surface area contributed by atoms with Gasteiger partial charge in [-0.2, -0.15) is 10.1 Å². The van der Waals surface area contributed by atoms with Crippen molar-refractivity contribution in [2.24, 2.45) is 7.05 Å². The zero-order valence-corrected chi connectivity index (χ0v) is 22.2. The average molecular weight is 527 g/mol. The number of hydrogen-bond donors (Lipinski definition) is 3. The van der Waals surface area contributed by atoms with Gasteiger partial charge < -0.3 is 25.1 Å². The molecular weight excluding hydrogens is 500 g/mol. The summed E-state index contributed by atoms with van der Waals surface area (Å²) < 4.78 is 11.2. The summed E-state index contributed by atoms with van der Waals surface area (Å²) in [5, 5.41) is 28.6. The zero-order chi connectivity index (χ0) is 27.7. The molecule has 0 atom stereocenters. The Morgan fingerprint density at radius 1 is 1.08 bits per heavy atom. The van der Waals surface area contributed by atoms with Crippen molar-refractivity contribution < 1.29 is 9.47 Å². The number of rotatable bonds is 8. The van der Waals surface area contributed by atoms with Gasteiger partial charge in [0.05, 0.1) is 37.3 Å². The van der Waals surface area contributed by atoms with Crippen LogP contribution in [0.1, 0.15) is 31.1 Å². The molecule has 0 spiro atoms. The van der Waals surface area contributed by atoms with E-state index in [-0.39, 0.29) is 5.69 Å². The predicted octanol–water partition coefficient (Wildman–Crippen LogP) is 3.50. The summed E-state index contributed by atoms with van der Waals surface area (Å²) >= 11 is 0. The third kappa shape index (κ3) is 4.90. The Labute approximate surface area is 223 Å². The summed E-state index contributed by atoms with van der Waals surface area (Å²) in [5.74, 6) is 2.47. The van der Waals surface area contributed by atoms with Crippen molar-refractivity contribution in [3.63, 3.8) is 0 Å². The summed E-state index contributed by atoms with van der Waals surface area (Å²) in [6.07, 6.45) is 1.54. The van der Waals surface area contributed by atoms with Gasteiger partial charge >= 0.3 is 0 Å². The maximum absolute atomic E-state index is 9.67. The lowest BCUT2D eigenvalue weighted by atomic mass is 10.0. The quantitative estimate of drug-likeness (QED) is 0.268. The van der Waals surface area contributed by atoms with Gasteiger partial charge in [-0.15, -0.1) is 10.2 Å². The predicted molar refractivity (Wildman–Crippen MR) is 143 cm³/mol. The molecule has 0 unspecified atom stereocenters. The molecule has 0 amide bonds. The van der Waals surface area contributed by atoms with Gasteiger partial charge in [0.15, 0.2) is 22.9 Å². The molecule has 4 aromatic heterocycles. The standard InChI is InChI=1S/C25H26N12O2/c1-13-28-20-16(30-15-9-7-8-14(21(15)38-5)23-34-36-37(4)35-23)10-18(33-24(20)29-13)32-19-12-27-22(17(11-26)31-19)25(2,3)39-6/h7-10,12H,1-6H3,(H3,28,29,30,31,32,33). The van der Waals surface area contributed by atoms with Crippen LogP contribution in [-0.4, -0.2) is 59.3 Å². The third-order valence-electron chi connectivity index (χ3n) is 6.02. The molecule has 0 bridgehead atoms. The van der Waals surface area contributed by atoms with Gasteiger partial charge in [0.1, 0.15) is 34.5 Å². The fourth-order valence-corrected chi connectivity index (χ4v) is 4.03. The second-order valence-corrected chi connectivity index (χ2v) is 9.09. The largest absolute Gasteiger partial charge is 0.494 e. The van der Waals surface area contributed by atoms with Gasteiger partial charge in [0.25, 0.3) is 0 Å². The number of ether oxygens (including phenoxy) is 2. The van der Waals surface area contributed by atoms with Gasteiger partial charge in [-0.05, 0) is 38.1 Å². The van der Waals surface area contributed by atoms with Crippen molar-refractivity contribution in [2.75, 3.05) is 24.9 Å². The van der Waals surface area contributed by atoms with Gasteiger partial charge in [-0.3, -0.25) is 4.98 Å². The first-order valence-electron chi connectivity index (χ1n) is 11.9. The first kappa shape index (κ1) is 25.5. The van der Waals surface area contributed by atoms with Crippen LogP contribution in [0.3, 0.4) is 0 Å². The molecule has 0 fully saturated rings. The minimum absolute atomic E-state index is 0.155. The number of nitrogens with zero attached hydrogens (tertiary/aromatic N) is 9. The van der Waals surface area contributed by atoms with Crippen LogP contribution in [0.4, 0.5) is 23.0 Å². The normalized spacial score (nSPS) is 11.4. The van der Waals surface area contributed by atoms with E-state index in [9.17, 15) is 5.26 Å². The zero-order valence-electron chi connectivity index (χ0n) is 22.2. The number of methoxy groups -OCH3 is 2. The number of nitrogens with one attached hydrogen (secondary N) is 3. The molecule has 14 heteroatoms. The molecular formula is C25H26N12O2. The summed E-state index contributed by atoms with van der Waals surface area (Å²) in [6.45, 7) is 5.49. The van der Waals surface area contributed by atoms with Crippen molar-refractivity contribution in [3.8, 4) is 23.2 Å². The number of tetrazole rings is 1. The van der Waals surface area contributed by atoms with Crippen LogP contribution in [0.15, 0.2) is 30.5 Å². The first-order valence-corrected chi connectivity index (χ1v) is 11.9. The second-order valence-electron chi connectivity index (χ2n) is 9.09. The number of H-pyrrole nitrogens is 1. The fourth-order valence-electron chi connectivity index (χ4n) is 4.03. The van der Waals surface area contributed by atoms with Gasteiger partial charge in [0, 0.05) is 13.2 Å². The molecule has 1 aromatic carbocycles. The summed E-state index contributed by atoms with van der Waals surface area (Å²) in [6, 6.07) is 9.48. The third-order valence-corrected chi connectivity index (χ3v) is 6.02. The highest BCUT2D eigenvalue weighted by Gasteiger charge is 2.26. The van der Waals surface area contributed by atoms with Crippen LogP contribution >= 0.6 is 0 Å². The summed E-state index contributed by atoms with van der Waals surface area (Å²) in [5.41, 5.74) is 3.00. The van der Waals surface area contributed by atoms with Crippen LogP contribution in [0.2, 0.25) is 0 Å². The molecule has 0 aliphatic heterocycles. The average Bonchev–Trinajstić information content (AvgIpc) is 3.53. The van der Waals surface area contributed by atoms with E-state index in [2.05, 4.69) is 57.0 Å². The number of para-hydroxylation sites is 1. The van der Waals surface area contributed by atoms with E-state index in [0.717, 1.165) is 0 Å². The Morgan fingerprint density at radius 3 is 2.59 bits per heavy atom. The minimum Gasteiger partial charge on any atom is -0.494 e. The number of anilines is 4. The van der Waals surface area contributed by atoms with Crippen LogP contribution in [-0.2, 0) is 17.4 Å². The molecule has 5 aromatic rings. The Hall–Kier alpha value is -5.16. The molecule has 0 aliphatic rings. The number of benzene rings is 1. The number of aromatic nitrogens is 9. The molecule has 198 valence electrons. The van der Waals surface area contributed by atoms with E-state index in [0.29, 0.717) is 62.8 Å². The van der Waals surface area contributed by atoms with Crippen LogP contribution in [0.5, 0.6) is 5.75 Å². The Bertz CT molecular complexity index is 1720. The number of nitriles is 1. The lowest BCUT2D eigenvalue weighted by molar-refractivity contribution is 0.0149. The van der Waals surface area contributed by atoms with E-state index < -0.39 is 5.60 Å². The number of aromatic amines is 1. The Morgan fingerprint density at radius 2 is 1.90 bits per heavy atom. The molecule has 14 nitrogen and oxygen atoms in total. The highest BCUT2D eigenvalue weighted by atomic mass is 16.5. The number of hydrogen-bond acceptors (Lipinski definition) is 12. The SMILES string of the molecule is COc1c(Nc2cc(Nc3cnc(C(C)(C)OC)c(C#N)n3)nc3[nH]c(C)nc23)cccc1-c1nnn(C)n1. The van der Waals surface area contributed by atoms with Gasteiger partial charge in [-0.25, -0.2) is 15.0 Å². The van der Waals surface area contributed by atoms with Crippen LogP contribution < -0.4 is 15.4 Å². The Balaban J connectivity index is 1.54. The van der Waals surface area contributed by atoms with Gasteiger partial charge in [0.2, 0.25) is 5.82 Å². The Kier molecular flexibility index (Phi) is 6.50. The van der Waals surface area contributed by atoms with Crippen LogP contribution in [0.25, 0.3) is 22.6 Å². The van der Waals surface area contributed by atoms with E-state index in [4.69, 9.17) is 9.47 Å². The molecule has 0 saturated heterocycles. The van der Waals surface area contributed by atoms with Crippen molar-refractivity contribution >= 4 is 34.2 Å². The van der Waals surface area contributed by atoms with E-state index >= 15 is 0 Å². The maximum atomic E-state index is 9.67. The van der Waals surface area contributed by atoms with E-state index in [1.54, 1.807) is 27.3 Å². The molecule has 0 saturated carbocycles. The highest BCUT2D eigenvalue weighted by molar-refractivity contribution is 5.92. The first-order chi connectivity index (χ1) is 18.7. The lowest BCUT2D eigenvalue weighted by Gasteiger charge is -2.22. The maximum Gasteiger partial charge on any atom is 0.208 e. The monoisotopic (exact) mass is 526 g/mol. The topological polar surface area (TPSA) is 177 Å². The minimum atomic E-state index is -0.771. The highest BCUT2D eigenvalue weighted by Crippen LogP contribution is 2.38. The van der Waals surface area contributed by atoms with Crippen molar-refractivity contribution in [1.29, 1.82) is 5.26 Å². The summed E-state index contributed by atoms with van der Waals surface area (Å²) in [7, 11) is 4.83. The smallest absolute Gasteiger partial charge is 0.208 e. The molecule has 0 aliphatic carbocycles. The molecule has 5 rings (SSSR count). The molecule has 0 radical (unpaired) electrons. The number of pyridine rings is 1. The van der Waals surface area contributed by atoms with Crippen molar-refractivity contribution in [2.45, 2.75) is 26.4 Å². The lowest BCUT2D eigenvalue weighted by Crippen LogP contribution is -2.23. The van der Waals surface area contributed by atoms with E-state index in [1.807, 2.05) is 39.0 Å². The molecule has 39 heavy (non-hydrogen) atoms. The number of aryl methyl sites for hydroxylation is 2. The molecule has 3 N–H and O–H groups in total. The van der Waals surface area contributed by atoms with Gasteiger partial charge in [-0.1, -0.05) is 6.07 Å². The summed E-state index contributed by atoms with van der Waals surface area (Å²) in [4.78, 5) is 22.7. The fraction of sp³-hybridized carbons (Fsp3) is 0.280. The number of fused-ring (bicyclic) bond motifs is 1. The number of imidazole rings is 1.